The predicted molar refractivity (Wildman–Crippen MR) is 122 cm³/mol. The van der Waals surface area contributed by atoms with E-state index in [2.05, 4.69) is 22.7 Å². The molecule has 1 aromatic carbocycles. The Kier molecular flexibility index (Phi) is 5.16. The number of benzene rings is 1. The first-order valence-corrected chi connectivity index (χ1v) is 11.2. The minimum atomic E-state index is -0.327. The zero-order valence-corrected chi connectivity index (χ0v) is 18.3. The number of aryl methyl sites for hydroxylation is 2. The van der Waals surface area contributed by atoms with Gasteiger partial charge in [-0.15, -0.1) is 11.3 Å². The SMILES string of the molecule is Cc1noc(C)c1COC(=O)c1c2c(nc3ccccc13)C(=Cc1cccs1)CCC2. The number of carbonyl (C=O) groups excluding carboxylic acids is 1. The van der Waals surface area contributed by atoms with Gasteiger partial charge in [-0.3, -0.25) is 0 Å². The average Bonchev–Trinajstić information content (AvgIpc) is 3.40. The molecule has 4 aromatic rings. The number of hydrogen-bond acceptors (Lipinski definition) is 6. The van der Waals surface area contributed by atoms with Crippen LogP contribution in [0.2, 0.25) is 0 Å². The van der Waals surface area contributed by atoms with E-state index in [1.54, 1.807) is 11.3 Å². The molecule has 3 heterocycles. The van der Waals surface area contributed by atoms with Crippen molar-refractivity contribution in [3.05, 3.63) is 80.5 Å². The van der Waals surface area contributed by atoms with Crippen LogP contribution in [0.15, 0.2) is 46.3 Å². The second-order valence-electron chi connectivity index (χ2n) is 7.75. The fraction of sp³-hybridized carbons (Fsp3) is 0.240. The molecule has 0 saturated heterocycles. The van der Waals surface area contributed by atoms with Gasteiger partial charge in [-0.2, -0.15) is 0 Å². The van der Waals surface area contributed by atoms with Crippen molar-refractivity contribution in [1.29, 1.82) is 0 Å². The molecular formula is C25H22N2O3S. The molecule has 5 rings (SSSR count). The molecule has 0 bridgehead atoms. The summed E-state index contributed by atoms with van der Waals surface area (Å²) in [6.45, 7) is 3.82. The molecule has 0 aliphatic heterocycles. The number of fused-ring (bicyclic) bond motifs is 2. The van der Waals surface area contributed by atoms with E-state index in [9.17, 15) is 4.79 Å². The van der Waals surface area contributed by atoms with Crippen LogP contribution in [0.3, 0.4) is 0 Å². The van der Waals surface area contributed by atoms with Crippen LogP contribution in [-0.4, -0.2) is 16.1 Å². The molecule has 0 radical (unpaired) electrons. The molecule has 0 amide bonds. The minimum absolute atomic E-state index is 0.142. The lowest BCUT2D eigenvalue weighted by atomic mass is 9.86. The number of hydrogen-bond donors (Lipinski definition) is 0. The molecule has 1 aliphatic carbocycles. The van der Waals surface area contributed by atoms with Crippen molar-refractivity contribution >= 4 is 39.9 Å². The lowest BCUT2D eigenvalue weighted by molar-refractivity contribution is 0.0471. The number of nitrogens with zero attached hydrogens (tertiary/aromatic N) is 2. The van der Waals surface area contributed by atoms with Crippen LogP contribution < -0.4 is 0 Å². The summed E-state index contributed by atoms with van der Waals surface area (Å²) in [6, 6.07) is 11.9. The van der Waals surface area contributed by atoms with Gasteiger partial charge in [0.25, 0.3) is 0 Å². The number of carbonyl (C=O) groups is 1. The van der Waals surface area contributed by atoms with Gasteiger partial charge < -0.3 is 9.26 Å². The van der Waals surface area contributed by atoms with E-state index in [4.69, 9.17) is 14.2 Å². The van der Waals surface area contributed by atoms with Crippen LogP contribution in [0.5, 0.6) is 0 Å². The van der Waals surface area contributed by atoms with Crippen molar-refractivity contribution in [3.63, 3.8) is 0 Å². The number of pyridine rings is 1. The molecule has 3 aromatic heterocycles. The Morgan fingerprint density at radius 3 is 2.84 bits per heavy atom. The van der Waals surface area contributed by atoms with E-state index in [0.717, 1.165) is 52.7 Å². The summed E-state index contributed by atoms with van der Waals surface area (Å²) >= 11 is 1.70. The van der Waals surface area contributed by atoms with Crippen molar-refractivity contribution in [2.75, 3.05) is 0 Å². The summed E-state index contributed by atoms with van der Waals surface area (Å²) < 4.78 is 11.0. The fourth-order valence-corrected chi connectivity index (χ4v) is 4.85. The lowest BCUT2D eigenvalue weighted by Gasteiger charge is -2.22. The highest BCUT2D eigenvalue weighted by Gasteiger charge is 2.26. The number of esters is 1. The molecule has 0 saturated carbocycles. The van der Waals surface area contributed by atoms with Gasteiger partial charge in [-0.05, 0) is 67.8 Å². The first kappa shape index (κ1) is 19.7. The minimum Gasteiger partial charge on any atom is -0.457 e. The molecule has 5 nitrogen and oxygen atoms in total. The first-order valence-electron chi connectivity index (χ1n) is 10.4. The van der Waals surface area contributed by atoms with Crippen LogP contribution >= 0.6 is 11.3 Å². The van der Waals surface area contributed by atoms with Gasteiger partial charge in [-0.1, -0.05) is 29.4 Å². The van der Waals surface area contributed by atoms with Gasteiger partial charge in [-0.25, -0.2) is 9.78 Å². The molecule has 1 aliphatic rings. The van der Waals surface area contributed by atoms with Crippen molar-refractivity contribution in [2.45, 2.75) is 39.7 Å². The summed E-state index contributed by atoms with van der Waals surface area (Å²) in [4.78, 5) is 19.5. The topological polar surface area (TPSA) is 65.2 Å². The standard InChI is InChI=1S/C25H22N2O3S/c1-15-21(16(2)30-27-15)14-29-25(28)23-19-9-3-4-11-22(19)26-24-17(7-5-10-20(23)24)13-18-8-6-12-31-18/h3-4,6,8-9,11-13H,5,7,10,14H2,1-2H3. The molecule has 0 atom stereocenters. The Balaban J connectivity index is 1.59. The highest BCUT2D eigenvalue weighted by Crippen LogP contribution is 2.37. The Morgan fingerprint density at radius 2 is 2.06 bits per heavy atom. The summed E-state index contributed by atoms with van der Waals surface area (Å²) in [7, 11) is 0. The maximum Gasteiger partial charge on any atom is 0.339 e. The van der Waals surface area contributed by atoms with Crippen LogP contribution in [0.1, 0.15) is 56.4 Å². The van der Waals surface area contributed by atoms with Crippen LogP contribution in [0.4, 0.5) is 0 Å². The van der Waals surface area contributed by atoms with E-state index in [1.807, 2.05) is 44.2 Å². The average molecular weight is 431 g/mol. The molecule has 0 spiro atoms. The fourth-order valence-electron chi connectivity index (χ4n) is 4.17. The van der Waals surface area contributed by atoms with Crippen molar-refractivity contribution in [2.24, 2.45) is 0 Å². The van der Waals surface area contributed by atoms with E-state index < -0.39 is 0 Å². The highest BCUT2D eigenvalue weighted by atomic mass is 32.1. The Morgan fingerprint density at radius 1 is 1.19 bits per heavy atom. The number of aromatic nitrogens is 2. The molecular weight excluding hydrogens is 408 g/mol. The third kappa shape index (κ3) is 3.68. The molecule has 156 valence electrons. The monoisotopic (exact) mass is 430 g/mol. The zero-order valence-electron chi connectivity index (χ0n) is 17.5. The van der Waals surface area contributed by atoms with Gasteiger partial charge in [0.15, 0.2) is 0 Å². The zero-order chi connectivity index (χ0) is 21.4. The second-order valence-corrected chi connectivity index (χ2v) is 8.73. The summed E-state index contributed by atoms with van der Waals surface area (Å²) in [6.07, 6.45) is 4.94. The van der Waals surface area contributed by atoms with Crippen LogP contribution in [0, 0.1) is 13.8 Å². The van der Waals surface area contributed by atoms with Crippen molar-refractivity contribution in [3.8, 4) is 0 Å². The Bertz CT molecular complexity index is 1280. The molecule has 0 N–H and O–H groups in total. The van der Waals surface area contributed by atoms with Gasteiger partial charge in [0.05, 0.1) is 28.0 Å². The quantitative estimate of drug-likeness (QED) is 0.364. The lowest BCUT2D eigenvalue weighted by Crippen LogP contribution is -2.15. The van der Waals surface area contributed by atoms with Crippen LogP contribution in [-0.2, 0) is 17.8 Å². The highest BCUT2D eigenvalue weighted by molar-refractivity contribution is 7.10. The van der Waals surface area contributed by atoms with E-state index in [0.29, 0.717) is 11.3 Å². The number of para-hydroxylation sites is 1. The van der Waals surface area contributed by atoms with E-state index in [1.165, 1.54) is 10.5 Å². The molecule has 6 heteroatoms. The third-order valence-corrected chi connectivity index (χ3v) is 6.58. The first-order chi connectivity index (χ1) is 15.1. The predicted octanol–water partition coefficient (Wildman–Crippen LogP) is 6.14. The smallest absolute Gasteiger partial charge is 0.339 e. The number of allylic oxidation sites excluding steroid dienone is 1. The van der Waals surface area contributed by atoms with Gasteiger partial charge in [0.1, 0.15) is 12.4 Å². The number of ether oxygens (including phenoxy) is 1. The molecule has 0 fully saturated rings. The maximum absolute atomic E-state index is 13.4. The Hall–Kier alpha value is -3.25. The third-order valence-electron chi connectivity index (χ3n) is 5.76. The van der Waals surface area contributed by atoms with Gasteiger partial charge >= 0.3 is 5.97 Å². The summed E-state index contributed by atoms with van der Waals surface area (Å²) in [5, 5.41) is 6.86. The van der Waals surface area contributed by atoms with Crippen molar-refractivity contribution < 1.29 is 14.1 Å². The molecule has 0 unspecified atom stereocenters. The van der Waals surface area contributed by atoms with Crippen molar-refractivity contribution in [1.82, 2.24) is 10.1 Å². The number of thiophene rings is 1. The second kappa shape index (κ2) is 8.12. The maximum atomic E-state index is 13.4. The van der Waals surface area contributed by atoms with Gasteiger partial charge in [0.2, 0.25) is 0 Å². The normalized spacial score (nSPS) is 14.7. The van der Waals surface area contributed by atoms with E-state index >= 15 is 0 Å². The van der Waals surface area contributed by atoms with E-state index in [-0.39, 0.29) is 12.6 Å². The van der Waals surface area contributed by atoms with Crippen LogP contribution in [0.25, 0.3) is 22.6 Å². The summed E-state index contributed by atoms with van der Waals surface area (Å²) in [5.74, 6) is 0.348. The number of rotatable bonds is 4. The molecule has 31 heavy (non-hydrogen) atoms. The largest absolute Gasteiger partial charge is 0.457 e. The Labute approximate surface area is 184 Å². The van der Waals surface area contributed by atoms with Gasteiger partial charge in [0, 0.05) is 10.3 Å². The summed E-state index contributed by atoms with van der Waals surface area (Å²) in [5.41, 5.74) is 6.08.